The third-order valence-corrected chi connectivity index (χ3v) is 13.0. The molecule has 4 aliphatic heterocycles. The molecule has 1 saturated heterocycles. The zero-order chi connectivity index (χ0) is 55.6. The number of ether oxygens (including phenoxy) is 6. The number of benzene rings is 5. The molecule has 19 N–H and O–H groups in total. The van der Waals surface area contributed by atoms with Gasteiger partial charge in [-0.2, -0.15) is 0 Å². The summed E-state index contributed by atoms with van der Waals surface area (Å²) in [5.41, 5.74) is -12.2. The molecule has 0 aromatic heterocycles. The van der Waals surface area contributed by atoms with Crippen molar-refractivity contribution in [1.29, 1.82) is 0 Å². The van der Waals surface area contributed by atoms with Crippen LogP contribution in [0.15, 0.2) is 30.3 Å². The lowest BCUT2D eigenvalue weighted by Gasteiger charge is -2.51. The van der Waals surface area contributed by atoms with E-state index in [1.807, 2.05) is 0 Å². The molecule has 0 aliphatic carbocycles. The average Bonchev–Trinajstić information content (AvgIpc) is 3.39. The molecule has 30 heteroatoms. The van der Waals surface area contributed by atoms with Gasteiger partial charge in [0.15, 0.2) is 87.7 Å². The van der Waals surface area contributed by atoms with Gasteiger partial charge in [-0.3, -0.25) is 0 Å². The second-order valence-corrected chi connectivity index (χ2v) is 17.3. The molecule has 0 unspecified atom stereocenters. The summed E-state index contributed by atoms with van der Waals surface area (Å²) in [7, 11) is 0. The number of aromatic hydroxyl groups is 15. The van der Waals surface area contributed by atoms with Crippen molar-refractivity contribution in [2.75, 3.05) is 13.2 Å². The van der Waals surface area contributed by atoms with Gasteiger partial charge < -0.3 is 125 Å². The summed E-state index contributed by atoms with van der Waals surface area (Å²) in [4.78, 5) is 73.0. The van der Waals surface area contributed by atoms with E-state index in [0.717, 1.165) is 0 Å². The van der Waals surface area contributed by atoms with Crippen LogP contribution in [0.2, 0.25) is 0 Å². The van der Waals surface area contributed by atoms with Gasteiger partial charge in [-0.25, -0.2) is 24.0 Å². The number of fused-ring (bicyclic) bond motifs is 7. The first-order valence-corrected chi connectivity index (χ1v) is 21.4. The predicted molar refractivity (Wildman–Crippen MR) is 234 cm³/mol. The molecule has 76 heavy (non-hydrogen) atoms. The quantitative estimate of drug-likeness (QED) is 0.0594. The van der Waals surface area contributed by atoms with Crippen LogP contribution in [0.4, 0.5) is 0 Å². The zero-order valence-corrected chi connectivity index (χ0v) is 37.4. The van der Waals surface area contributed by atoms with Crippen molar-refractivity contribution >= 4 is 29.8 Å². The third-order valence-electron chi connectivity index (χ3n) is 13.0. The van der Waals surface area contributed by atoms with Crippen LogP contribution < -0.4 is 0 Å². The summed E-state index contributed by atoms with van der Waals surface area (Å²) in [6.45, 7) is -2.84. The van der Waals surface area contributed by atoms with Gasteiger partial charge in [0.1, 0.15) is 24.9 Å². The smallest absolute Gasteiger partial charge is 0.339 e. The molecule has 30 nitrogen and oxygen atoms in total. The minimum atomic E-state index is -3.72. The van der Waals surface area contributed by atoms with Crippen LogP contribution in [0.5, 0.6) is 86.2 Å². The molecule has 0 saturated carbocycles. The van der Waals surface area contributed by atoms with Gasteiger partial charge >= 0.3 is 29.8 Å². The molecule has 1 fully saturated rings. The highest BCUT2D eigenvalue weighted by molar-refractivity contribution is 6.11. The average molecular weight is 1070 g/mol. The highest BCUT2D eigenvalue weighted by atomic mass is 16.7. The van der Waals surface area contributed by atoms with Gasteiger partial charge in [0.05, 0.1) is 40.3 Å². The van der Waals surface area contributed by atoms with Crippen LogP contribution in [0.1, 0.15) is 63.3 Å². The summed E-state index contributed by atoms with van der Waals surface area (Å²) in [6, 6.07) is 1.87. The van der Waals surface area contributed by atoms with Crippen molar-refractivity contribution in [2.45, 2.75) is 54.4 Å². The van der Waals surface area contributed by atoms with E-state index in [2.05, 4.69) is 0 Å². The molecule has 9 atom stereocenters. The van der Waals surface area contributed by atoms with E-state index in [9.17, 15) is 116 Å². The Morgan fingerprint density at radius 3 is 1.42 bits per heavy atom. The van der Waals surface area contributed by atoms with Crippen LogP contribution in [0, 0.1) is 0 Å². The molecule has 2 bridgehead atoms. The van der Waals surface area contributed by atoms with Crippen LogP contribution in [-0.4, -0.2) is 189 Å². The Kier molecular flexibility index (Phi) is 11.9. The number of rotatable bonds is 4. The van der Waals surface area contributed by atoms with Gasteiger partial charge in [-0.1, -0.05) is 0 Å². The van der Waals surface area contributed by atoms with Crippen molar-refractivity contribution in [1.82, 2.24) is 0 Å². The lowest BCUT2D eigenvalue weighted by Crippen LogP contribution is -2.68. The standard InChI is InChI=1S/C46H36O30/c47-12-1-8(2-13(48)26(12)53)41(65)73-18-7-71-42(66)9-3-14(49)27(54)31(58)19(9)20-10(4-15(50)28(55)32(20)59)43(67)74-37(18)39-38-25(46(70)40(64)30(57)17(52)6-72-46)24-23(45(69)75-38)22(34(61)36(63)35(24)62)21-11(44(68)76-39)5-16(51)29(56)33(21)60/h1-5,17-18,25,30,37-40,47-64,70H,6-7H2/t17-,18-,25+,30+,37+,38+,39-,40+,46+/m0/s1. The Balaban J connectivity index is 1.39. The Morgan fingerprint density at radius 1 is 0.474 bits per heavy atom. The van der Waals surface area contributed by atoms with Crippen LogP contribution in [0.25, 0.3) is 22.3 Å². The number of aliphatic hydroxyl groups is 4. The summed E-state index contributed by atoms with van der Waals surface area (Å²) in [5, 5.41) is 209. The van der Waals surface area contributed by atoms with Crippen LogP contribution in [-0.2, 0) is 28.4 Å². The Labute approximate surface area is 418 Å². The van der Waals surface area contributed by atoms with E-state index in [1.54, 1.807) is 0 Å². The maximum absolute atomic E-state index is 15.0. The number of aliphatic hydroxyl groups excluding tert-OH is 3. The Hall–Kier alpha value is -9.75. The summed E-state index contributed by atoms with van der Waals surface area (Å²) >= 11 is 0. The normalized spacial score (nSPS) is 25.1. The maximum Gasteiger partial charge on any atom is 0.339 e. The highest BCUT2D eigenvalue weighted by Crippen LogP contribution is 2.61. The number of hydrogen-bond acceptors (Lipinski definition) is 30. The third kappa shape index (κ3) is 7.49. The van der Waals surface area contributed by atoms with Gasteiger partial charge in [-0.05, 0) is 30.3 Å². The van der Waals surface area contributed by atoms with E-state index < -0.39 is 239 Å². The fourth-order valence-corrected chi connectivity index (χ4v) is 9.32. The van der Waals surface area contributed by atoms with Crippen molar-refractivity contribution in [3.63, 3.8) is 0 Å². The number of phenolic OH excluding ortho intramolecular Hbond substituents is 15. The maximum atomic E-state index is 15.0. The molecule has 400 valence electrons. The van der Waals surface area contributed by atoms with Crippen molar-refractivity contribution < 1.29 is 149 Å². The molecule has 0 amide bonds. The predicted octanol–water partition coefficient (Wildman–Crippen LogP) is -0.811. The van der Waals surface area contributed by atoms with Crippen molar-refractivity contribution in [3.8, 4) is 108 Å². The van der Waals surface area contributed by atoms with Gasteiger partial charge in [0.25, 0.3) is 0 Å². The first-order chi connectivity index (χ1) is 35.6. The summed E-state index contributed by atoms with van der Waals surface area (Å²) in [6.07, 6.45) is -19.3. The van der Waals surface area contributed by atoms with Crippen molar-refractivity contribution in [3.05, 3.63) is 63.7 Å². The SMILES string of the molecule is O=C(O[C@H]1COC(=O)c2cc(O)c(O)c(O)c2-c2c(cc(O)c(O)c2O)C(=O)O[C@H]1[C@@H]1OC(=O)c2cc(O)c(O)c(O)c2-c2c(O)c(O)c(O)c3c2C(=O)O[C@@H]1[C@@H]3[C@@]1(O)OC[C@H](O)[C@@H](O)[C@H]1O)c1cc(O)c(O)c(O)c1. The van der Waals surface area contributed by atoms with E-state index in [0.29, 0.717) is 24.3 Å². The summed E-state index contributed by atoms with van der Waals surface area (Å²) < 4.78 is 33.8. The first-order valence-electron chi connectivity index (χ1n) is 21.4. The van der Waals surface area contributed by atoms with Gasteiger partial charge in [0.2, 0.25) is 28.8 Å². The van der Waals surface area contributed by atoms with E-state index >= 15 is 4.79 Å². The van der Waals surface area contributed by atoms with Crippen molar-refractivity contribution in [2.24, 2.45) is 0 Å². The number of esters is 5. The number of phenols is 15. The van der Waals surface area contributed by atoms with E-state index in [-0.39, 0.29) is 6.07 Å². The zero-order valence-electron chi connectivity index (χ0n) is 37.4. The summed E-state index contributed by atoms with van der Waals surface area (Å²) in [5.74, 6) is -38.1. The number of cyclic esters (lactones) is 3. The second kappa shape index (κ2) is 17.7. The molecular formula is C46H36O30. The largest absolute Gasteiger partial charge is 0.504 e. The van der Waals surface area contributed by atoms with Crippen LogP contribution >= 0.6 is 0 Å². The monoisotopic (exact) mass is 1070 g/mol. The molecule has 4 aliphatic rings. The lowest BCUT2D eigenvalue weighted by molar-refractivity contribution is -0.341. The minimum Gasteiger partial charge on any atom is -0.504 e. The first kappa shape index (κ1) is 51.2. The minimum absolute atomic E-state index is 0.271. The second-order valence-electron chi connectivity index (χ2n) is 17.3. The number of carbonyl (C=O) groups excluding carboxylic acids is 5. The van der Waals surface area contributed by atoms with E-state index in [4.69, 9.17) is 28.4 Å². The number of carbonyl (C=O) groups is 5. The highest BCUT2D eigenvalue weighted by Gasteiger charge is 2.64. The Morgan fingerprint density at radius 2 is 0.908 bits per heavy atom. The molecule has 5 aromatic rings. The molecule has 0 spiro atoms. The topological polar surface area (TPSA) is 525 Å². The Bertz CT molecular complexity index is 3380. The number of hydrogen-bond donors (Lipinski definition) is 19. The fourth-order valence-electron chi connectivity index (χ4n) is 9.32. The van der Waals surface area contributed by atoms with Gasteiger partial charge in [0, 0.05) is 27.8 Å². The molecule has 5 aromatic carbocycles. The van der Waals surface area contributed by atoms with E-state index in [1.165, 1.54) is 0 Å². The molecule has 0 radical (unpaired) electrons. The molecule has 4 heterocycles. The lowest BCUT2D eigenvalue weighted by atomic mass is 9.71. The fraction of sp³-hybridized carbons (Fsp3) is 0.239. The van der Waals surface area contributed by atoms with Crippen LogP contribution in [0.3, 0.4) is 0 Å². The molecular weight excluding hydrogens is 1030 g/mol. The van der Waals surface area contributed by atoms with Gasteiger partial charge in [-0.15, -0.1) is 0 Å². The molecule has 9 rings (SSSR count).